The zero-order valence-corrected chi connectivity index (χ0v) is 22.2. The molecule has 7 N–H and O–H groups in total. The number of anilines is 3. The summed E-state index contributed by atoms with van der Waals surface area (Å²) < 4.78 is 39.7. The molecule has 12 nitrogen and oxygen atoms in total. The third-order valence-electron chi connectivity index (χ3n) is 6.71. The van der Waals surface area contributed by atoms with E-state index in [-0.39, 0.29) is 22.8 Å². The molecular formula is C26H35F2N5O7. The van der Waals surface area contributed by atoms with Gasteiger partial charge in [0, 0.05) is 43.3 Å². The van der Waals surface area contributed by atoms with Gasteiger partial charge in [0.25, 0.3) is 0 Å². The van der Waals surface area contributed by atoms with E-state index in [1.165, 1.54) is 25.6 Å². The molecule has 2 heterocycles. The number of methoxy groups -OCH3 is 1. The first-order valence-electron chi connectivity index (χ1n) is 12.5. The molecule has 1 fully saturated rings. The van der Waals surface area contributed by atoms with Crippen LogP contribution in [0.4, 0.5) is 26.0 Å². The van der Waals surface area contributed by atoms with Crippen molar-refractivity contribution < 1.29 is 44.2 Å². The van der Waals surface area contributed by atoms with Gasteiger partial charge in [-0.1, -0.05) is 0 Å². The molecule has 4 atom stereocenters. The van der Waals surface area contributed by atoms with Crippen molar-refractivity contribution in [2.75, 3.05) is 63.8 Å². The molecule has 0 amide bonds. The lowest BCUT2D eigenvalue weighted by molar-refractivity contribution is -0.0981. The van der Waals surface area contributed by atoms with Crippen LogP contribution in [0, 0.1) is 5.82 Å². The van der Waals surface area contributed by atoms with Gasteiger partial charge < -0.3 is 50.5 Å². The second-order valence-corrected chi connectivity index (χ2v) is 9.34. The molecule has 1 aliphatic heterocycles. The van der Waals surface area contributed by atoms with Gasteiger partial charge in [0.15, 0.2) is 23.8 Å². The Kier molecular flexibility index (Phi) is 10.7. The molecule has 0 spiro atoms. The summed E-state index contributed by atoms with van der Waals surface area (Å²) in [4.78, 5) is 12.7. The summed E-state index contributed by atoms with van der Waals surface area (Å²) in [6.45, 7) is 1.43. The molecular weight excluding hydrogens is 532 g/mol. The van der Waals surface area contributed by atoms with Gasteiger partial charge >= 0.3 is 0 Å². The van der Waals surface area contributed by atoms with Crippen molar-refractivity contribution >= 4 is 28.1 Å². The minimum atomic E-state index is -2.13. The number of ether oxygens (including phenoxy) is 2. The number of nitrogens with zero attached hydrogens (tertiary/aromatic N) is 4. The first-order valence-corrected chi connectivity index (χ1v) is 12.5. The number of hydrogen-bond acceptors (Lipinski definition) is 11. The van der Waals surface area contributed by atoms with Crippen molar-refractivity contribution in [3.05, 3.63) is 42.5 Å². The summed E-state index contributed by atoms with van der Waals surface area (Å²) in [5.74, 6) is 0.246. The highest BCUT2D eigenvalue weighted by molar-refractivity contribution is 5.93. The Morgan fingerprint density at radius 3 is 2.35 bits per heavy atom. The van der Waals surface area contributed by atoms with E-state index < -0.39 is 37.7 Å². The Bertz CT molecular complexity index is 1270. The van der Waals surface area contributed by atoms with Crippen molar-refractivity contribution in [3.63, 3.8) is 0 Å². The van der Waals surface area contributed by atoms with Crippen LogP contribution in [0.2, 0.25) is 0 Å². The highest BCUT2D eigenvalue weighted by Crippen LogP contribution is 2.36. The van der Waals surface area contributed by atoms with Crippen LogP contribution < -0.4 is 19.7 Å². The van der Waals surface area contributed by atoms with Gasteiger partial charge in [-0.15, -0.1) is 0 Å². The fraction of sp³-hybridized carbons (Fsp3) is 0.462. The molecule has 1 aliphatic rings. The highest BCUT2D eigenvalue weighted by Gasteiger charge is 2.34. The molecule has 14 heteroatoms. The minimum absolute atomic E-state index is 0. The highest BCUT2D eigenvalue weighted by atomic mass is 19.1. The SMILES string of the molecule is COc1cc2c(Nc3ccc(N4CCN(C)CC4)c(F)c3)ncnc2cc1O[C@H](CO)[C@H](O)[C@@H](O)[C@H](F)CO.O. The lowest BCUT2D eigenvalue weighted by Crippen LogP contribution is -2.48. The van der Waals surface area contributed by atoms with E-state index in [1.54, 1.807) is 18.2 Å². The van der Waals surface area contributed by atoms with E-state index in [4.69, 9.17) is 14.6 Å². The molecule has 40 heavy (non-hydrogen) atoms. The summed E-state index contributed by atoms with van der Waals surface area (Å²) in [5, 5.41) is 42.4. The quantitative estimate of drug-likeness (QED) is 0.215. The third-order valence-corrected chi connectivity index (χ3v) is 6.71. The molecule has 0 bridgehead atoms. The molecule has 1 aromatic heterocycles. The van der Waals surface area contributed by atoms with E-state index in [0.717, 1.165) is 26.2 Å². The number of aromatic nitrogens is 2. The topological polar surface area (TPSA) is 175 Å². The van der Waals surface area contributed by atoms with Crippen LogP contribution in [0.15, 0.2) is 36.7 Å². The van der Waals surface area contributed by atoms with Crippen LogP contribution in [-0.4, -0.2) is 119 Å². The Morgan fingerprint density at radius 1 is 1.00 bits per heavy atom. The fourth-order valence-corrected chi connectivity index (χ4v) is 4.36. The van der Waals surface area contributed by atoms with Gasteiger partial charge in [-0.3, -0.25) is 0 Å². The van der Waals surface area contributed by atoms with Crippen LogP contribution in [0.1, 0.15) is 0 Å². The third kappa shape index (κ3) is 6.83. The average Bonchev–Trinajstić information content (AvgIpc) is 2.95. The van der Waals surface area contributed by atoms with Gasteiger partial charge in [-0.2, -0.15) is 0 Å². The normalized spacial score (nSPS) is 17.1. The zero-order chi connectivity index (χ0) is 28.1. The smallest absolute Gasteiger partial charge is 0.164 e. The molecule has 4 rings (SSSR count). The number of alkyl halides is 1. The number of benzene rings is 2. The summed E-state index contributed by atoms with van der Waals surface area (Å²) in [6.07, 6.45) is -6.09. The van der Waals surface area contributed by atoms with Crippen molar-refractivity contribution in [3.8, 4) is 11.5 Å². The van der Waals surface area contributed by atoms with Crippen molar-refractivity contribution in [1.29, 1.82) is 0 Å². The first kappa shape index (κ1) is 31.1. The summed E-state index contributed by atoms with van der Waals surface area (Å²) in [6, 6.07) is 7.93. The maximum Gasteiger partial charge on any atom is 0.164 e. The fourth-order valence-electron chi connectivity index (χ4n) is 4.36. The Morgan fingerprint density at radius 2 is 1.73 bits per heavy atom. The van der Waals surface area contributed by atoms with E-state index in [9.17, 15) is 19.7 Å². The summed E-state index contributed by atoms with van der Waals surface area (Å²) in [5.41, 5.74) is 1.41. The summed E-state index contributed by atoms with van der Waals surface area (Å²) in [7, 11) is 3.41. The monoisotopic (exact) mass is 567 g/mol. The van der Waals surface area contributed by atoms with E-state index in [2.05, 4.69) is 20.2 Å². The predicted molar refractivity (Wildman–Crippen MR) is 145 cm³/mol. The van der Waals surface area contributed by atoms with E-state index in [1.807, 2.05) is 11.9 Å². The molecule has 220 valence electrons. The number of halogens is 2. The van der Waals surface area contributed by atoms with Gasteiger partial charge in [0.2, 0.25) is 0 Å². The number of rotatable bonds is 11. The second kappa shape index (κ2) is 13.8. The molecule has 0 aliphatic carbocycles. The molecule has 1 saturated heterocycles. The molecule has 2 aromatic carbocycles. The van der Waals surface area contributed by atoms with Gasteiger partial charge in [-0.25, -0.2) is 18.7 Å². The van der Waals surface area contributed by atoms with Crippen LogP contribution in [0.25, 0.3) is 10.9 Å². The number of nitrogens with one attached hydrogen (secondary N) is 1. The second-order valence-electron chi connectivity index (χ2n) is 9.34. The molecule has 3 aromatic rings. The Labute approximate surface area is 229 Å². The lowest BCUT2D eigenvalue weighted by Gasteiger charge is -2.34. The van der Waals surface area contributed by atoms with Crippen LogP contribution in [0.5, 0.6) is 11.5 Å². The number of fused-ring (bicyclic) bond motifs is 1. The number of aliphatic hydroxyl groups is 4. The van der Waals surface area contributed by atoms with Gasteiger partial charge in [0.05, 0.1) is 31.5 Å². The van der Waals surface area contributed by atoms with Crippen molar-refractivity contribution in [2.24, 2.45) is 0 Å². The largest absolute Gasteiger partial charge is 0.493 e. The zero-order valence-electron chi connectivity index (χ0n) is 22.2. The van der Waals surface area contributed by atoms with Gasteiger partial charge in [-0.05, 0) is 31.3 Å². The van der Waals surface area contributed by atoms with Gasteiger partial charge in [0.1, 0.15) is 30.2 Å². The number of piperazine rings is 1. The first-order chi connectivity index (χ1) is 18.7. The number of hydrogen-bond donors (Lipinski definition) is 5. The van der Waals surface area contributed by atoms with E-state index >= 15 is 4.39 Å². The lowest BCUT2D eigenvalue weighted by atomic mass is 10.0. The van der Waals surface area contributed by atoms with E-state index in [0.29, 0.717) is 28.1 Å². The molecule has 0 saturated carbocycles. The predicted octanol–water partition coefficient (Wildman–Crippen LogP) is 0.240. The maximum atomic E-state index is 15.0. The molecule has 0 unspecified atom stereocenters. The number of aliphatic hydroxyl groups excluding tert-OH is 4. The minimum Gasteiger partial charge on any atom is -0.493 e. The van der Waals surface area contributed by atoms with Crippen LogP contribution >= 0.6 is 0 Å². The average molecular weight is 568 g/mol. The maximum absolute atomic E-state index is 15.0. The standard InChI is InChI=1S/C26H33F2N5O6.H2O/c1-32-5-7-33(8-6-32)20-4-3-15(9-17(20)27)31-26-16-10-21(38-2)22(11-19(16)29-14-30-26)39-23(13-35)25(37)24(36)18(28)12-34;/h3-4,9-11,14,18,23-25,34-37H,5-8,12-13H2,1-2H3,(H,29,30,31);1H2/t18-,23-,24+,25+;/m1./s1. The Balaban J connectivity index is 0.00000441. The Hall–Kier alpha value is -3.40. The van der Waals surface area contributed by atoms with Crippen LogP contribution in [-0.2, 0) is 0 Å². The number of likely N-dealkylation sites (N-methyl/N-ethyl adjacent to an activating group) is 1. The van der Waals surface area contributed by atoms with Crippen LogP contribution in [0.3, 0.4) is 0 Å². The summed E-state index contributed by atoms with van der Waals surface area (Å²) >= 11 is 0. The van der Waals surface area contributed by atoms with Crippen molar-refractivity contribution in [1.82, 2.24) is 14.9 Å². The molecule has 0 radical (unpaired) electrons. The van der Waals surface area contributed by atoms with Crippen molar-refractivity contribution in [2.45, 2.75) is 24.5 Å².